The minimum Gasteiger partial charge on any atom is -0.378 e. The van der Waals surface area contributed by atoms with Crippen LogP contribution in [0.3, 0.4) is 0 Å². The van der Waals surface area contributed by atoms with Crippen molar-refractivity contribution < 1.29 is 0 Å². The molecule has 100 valence electrons. The first-order valence-corrected chi connectivity index (χ1v) is 7.19. The van der Waals surface area contributed by atoms with Crippen LogP contribution in [0, 0.1) is 5.41 Å². The van der Waals surface area contributed by atoms with E-state index in [2.05, 4.69) is 35.0 Å². The molecule has 0 bridgehead atoms. The summed E-state index contributed by atoms with van der Waals surface area (Å²) in [5, 5.41) is 8.73. The second-order valence-electron chi connectivity index (χ2n) is 4.59. The Morgan fingerprint density at radius 3 is 2.50 bits per heavy atom. The monoisotopic (exact) mass is 281 g/mol. The third-order valence-electron chi connectivity index (χ3n) is 3.17. The molecule has 20 heavy (non-hydrogen) atoms. The molecular formula is C16H15N3S. The summed E-state index contributed by atoms with van der Waals surface area (Å²) in [6.07, 6.45) is 2.07. The SMILES string of the molecule is N=C(N)Sc1cn(Cc2ccccc2)c2ccccc12. The highest BCUT2D eigenvalue weighted by atomic mass is 32.2. The van der Waals surface area contributed by atoms with Crippen LogP contribution >= 0.6 is 11.8 Å². The molecular weight excluding hydrogens is 266 g/mol. The van der Waals surface area contributed by atoms with E-state index in [1.54, 1.807) is 0 Å². The number of hydrogen-bond acceptors (Lipinski definition) is 2. The van der Waals surface area contributed by atoms with Crippen molar-refractivity contribution in [2.45, 2.75) is 11.4 Å². The summed E-state index contributed by atoms with van der Waals surface area (Å²) in [6.45, 7) is 0.819. The van der Waals surface area contributed by atoms with E-state index in [1.165, 1.54) is 22.8 Å². The molecule has 2 aromatic carbocycles. The van der Waals surface area contributed by atoms with Gasteiger partial charge in [-0.15, -0.1) is 0 Å². The molecule has 0 radical (unpaired) electrons. The average Bonchev–Trinajstić information content (AvgIpc) is 2.78. The van der Waals surface area contributed by atoms with E-state index >= 15 is 0 Å². The van der Waals surface area contributed by atoms with E-state index in [0.29, 0.717) is 0 Å². The van der Waals surface area contributed by atoms with Crippen LogP contribution in [0.1, 0.15) is 5.56 Å². The van der Waals surface area contributed by atoms with Gasteiger partial charge >= 0.3 is 0 Å². The lowest BCUT2D eigenvalue weighted by Crippen LogP contribution is -2.02. The van der Waals surface area contributed by atoms with Crippen molar-refractivity contribution in [3.05, 3.63) is 66.4 Å². The van der Waals surface area contributed by atoms with E-state index in [-0.39, 0.29) is 5.17 Å². The maximum atomic E-state index is 7.47. The second-order valence-corrected chi connectivity index (χ2v) is 5.67. The Labute approximate surface area is 121 Å². The van der Waals surface area contributed by atoms with Crippen molar-refractivity contribution >= 4 is 27.8 Å². The number of amidine groups is 1. The molecule has 4 heteroatoms. The zero-order valence-electron chi connectivity index (χ0n) is 10.9. The second kappa shape index (κ2) is 5.43. The van der Waals surface area contributed by atoms with Crippen molar-refractivity contribution in [2.24, 2.45) is 5.73 Å². The van der Waals surface area contributed by atoms with E-state index in [1.807, 2.05) is 30.3 Å². The number of para-hydroxylation sites is 1. The Morgan fingerprint density at radius 2 is 1.75 bits per heavy atom. The van der Waals surface area contributed by atoms with E-state index in [9.17, 15) is 0 Å². The Kier molecular flexibility index (Phi) is 3.48. The van der Waals surface area contributed by atoms with Gasteiger partial charge in [-0.3, -0.25) is 5.41 Å². The van der Waals surface area contributed by atoms with E-state index < -0.39 is 0 Å². The molecule has 0 fully saturated rings. The van der Waals surface area contributed by atoms with Crippen LogP contribution in [0.5, 0.6) is 0 Å². The molecule has 0 aliphatic carbocycles. The van der Waals surface area contributed by atoms with E-state index in [0.717, 1.165) is 16.8 Å². The van der Waals surface area contributed by atoms with Gasteiger partial charge in [-0.25, -0.2) is 0 Å². The molecule has 0 amide bonds. The zero-order chi connectivity index (χ0) is 13.9. The Hall–Kier alpha value is -2.20. The molecule has 0 atom stereocenters. The summed E-state index contributed by atoms with van der Waals surface area (Å²) in [6, 6.07) is 18.6. The summed E-state index contributed by atoms with van der Waals surface area (Å²) in [5.41, 5.74) is 7.94. The number of fused-ring (bicyclic) bond motifs is 1. The fourth-order valence-electron chi connectivity index (χ4n) is 2.32. The fourth-order valence-corrected chi connectivity index (χ4v) is 3.02. The minimum atomic E-state index is 0.118. The standard InChI is InChI=1S/C16H15N3S/c17-16(18)20-15-11-19(10-12-6-2-1-3-7-12)14-9-5-4-8-13(14)15/h1-9,11H,10H2,(H3,17,18). The molecule has 0 aliphatic heterocycles. The summed E-state index contributed by atoms with van der Waals surface area (Å²) in [4.78, 5) is 1.03. The highest BCUT2D eigenvalue weighted by molar-refractivity contribution is 8.13. The van der Waals surface area contributed by atoms with Crippen LogP contribution in [0.2, 0.25) is 0 Å². The molecule has 3 rings (SSSR count). The summed E-state index contributed by atoms with van der Waals surface area (Å²) in [7, 11) is 0. The number of nitrogens with zero attached hydrogens (tertiary/aromatic N) is 1. The van der Waals surface area contributed by atoms with Crippen LogP contribution in [0.4, 0.5) is 0 Å². The number of hydrogen-bond donors (Lipinski definition) is 2. The van der Waals surface area contributed by atoms with Crippen molar-refractivity contribution in [3.8, 4) is 0 Å². The number of nitrogens with one attached hydrogen (secondary N) is 1. The molecule has 3 N–H and O–H groups in total. The maximum Gasteiger partial charge on any atom is 0.156 e. The van der Waals surface area contributed by atoms with Crippen molar-refractivity contribution in [2.75, 3.05) is 0 Å². The first-order valence-electron chi connectivity index (χ1n) is 6.38. The number of thioether (sulfide) groups is 1. The lowest BCUT2D eigenvalue weighted by Gasteiger charge is -2.05. The Balaban J connectivity index is 2.04. The van der Waals surface area contributed by atoms with E-state index in [4.69, 9.17) is 11.1 Å². The number of aromatic nitrogens is 1. The van der Waals surface area contributed by atoms with Crippen LogP contribution in [-0.2, 0) is 6.54 Å². The first kappa shape index (κ1) is 12.8. The third-order valence-corrected chi connectivity index (χ3v) is 3.93. The quantitative estimate of drug-likeness (QED) is 0.437. The average molecular weight is 281 g/mol. The smallest absolute Gasteiger partial charge is 0.156 e. The predicted octanol–water partition coefficient (Wildman–Crippen LogP) is 3.68. The molecule has 0 unspecified atom stereocenters. The summed E-state index contributed by atoms with van der Waals surface area (Å²) in [5.74, 6) is 0. The fraction of sp³-hybridized carbons (Fsp3) is 0.0625. The normalized spacial score (nSPS) is 10.8. The molecule has 1 heterocycles. The largest absolute Gasteiger partial charge is 0.378 e. The highest BCUT2D eigenvalue weighted by Gasteiger charge is 2.09. The molecule has 3 nitrogen and oxygen atoms in total. The molecule has 0 aliphatic rings. The minimum absolute atomic E-state index is 0.118. The highest BCUT2D eigenvalue weighted by Crippen LogP contribution is 2.30. The predicted molar refractivity (Wildman–Crippen MR) is 85.3 cm³/mol. The molecule has 1 aromatic heterocycles. The van der Waals surface area contributed by atoms with Crippen LogP contribution < -0.4 is 5.73 Å². The van der Waals surface area contributed by atoms with Gasteiger partial charge in [-0.2, -0.15) is 0 Å². The maximum absolute atomic E-state index is 7.47. The molecule has 0 saturated carbocycles. The zero-order valence-corrected chi connectivity index (χ0v) is 11.7. The van der Waals surface area contributed by atoms with Gasteiger partial charge in [0.2, 0.25) is 0 Å². The van der Waals surface area contributed by atoms with Gasteiger partial charge in [0.15, 0.2) is 5.17 Å². The van der Waals surface area contributed by atoms with Gasteiger partial charge < -0.3 is 10.3 Å². The third kappa shape index (κ3) is 2.56. The van der Waals surface area contributed by atoms with Crippen LogP contribution in [0.15, 0.2) is 65.7 Å². The topological polar surface area (TPSA) is 54.8 Å². The van der Waals surface area contributed by atoms with Gasteiger partial charge in [0.25, 0.3) is 0 Å². The van der Waals surface area contributed by atoms with Gasteiger partial charge in [-0.1, -0.05) is 60.3 Å². The van der Waals surface area contributed by atoms with Crippen molar-refractivity contribution in [3.63, 3.8) is 0 Å². The summed E-state index contributed by atoms with van der Waals surface area (Å²) < 4.78 is 2.20. The molecule has 0 saturated heterocycles. The molecule has 0 spiro atoms. The number of nitrogens with two attached hydrogens (primary N) is 1. The first-order chi connectivity index (χ1) is 9.74. The van der Waals surface area contributed by atoms with Crippen molar-refractivity contribution in [1.82, 2.24) is 4.57 Å². The van der Waals surface area contributed by atoms with Gasteiger partial charge in [0.05, 0.1) is 0 Å². The number of benzene rings is 2. The molecule has 3 aromatic rings. The van der Waals surface area contributed by atoms with Crippen LogP contribution in [0.25, 0.3) is 10.9 Å². The Morgan fingerprint density at radius 1 is 1.05 bits per heavy atom. The lowest BCUT2D eigenvalue weighted by atomic mass is 10.2. The van der Waals surface area contributed by atoms with Gasteiger partial charge in [-0.05, 0) is 11.6 Å². The van der Waals surface area contributed by atoms with Gasteiger partial charge in [0.1, 0.15) is 0 Å². The van der Waals surface area contributed by atoms with Crippen molar-refractivity contribution in [1.29, 1.82) is 5.41 Å². The lowest BCUT2D eigenvalue weighted by molar-refractivity contribution is 0.830. The number of rotatable bonds is 3. The van der Waals surface area contributed by atoms with Crippen LogP contribution in [-0.4, -0.2) is 9.73 Å². The summed E-state index contributed by atoms with van der Waals surface area (Å²) >= 11 is 1.30. The Bertz CT molecular complexity index is 747. The van der Waals surface area contributed by atoms with Gasteiger partial charge in [0, 0.05) is 28.5 Å².